The summed E-state index contributed by atoms with van der Waals surface area (Å²) in [5, 5.41) is 20.8. The molecule has 0 spiro atoms. The molecule has 8 nitrogen and oxygen atoms in total. The molecule has 1 fully saturated rings. The molecule has 0 aromatic heterocycles. The minimum absolute atomic E-state index is 0.00400. The lowest BCUT2D eigenvalue weighted by atomic mass is 10.0. The van der Waals surface area contributed by atoms with Crippen molar-refractivity contribution in [3.05, 3.63) is 101 Å². The molecule has 0 radical (unpaired) electrons. The van der Waals surface area contributed by atoms with Crippen LogP contribution in [0.25, 0.3) is 0 Å². The van der Waals surface area contributed by atoms with E-state index in [1.54, 1.807) is 17.2 Å². The molecule has 212 valence electrons. The fraction of sp³-hybridized carbons (Fsp3) is 0.355. The zero-order valence-corrected chi connectivity index (χ0v) is 23.1. The van der Waals surface area contributed by atoms with E-state index in [1.165, 1.54) is 4.90 Å². The van der Waals surface area contributed by atoms with Crippen LogP contribution in [0.3, 0.4) is 0 Å². The van der Waals surface area contributed by atoms with E-state index >= 15 is 0 Å². The maximum Gasteiger partial charge on any atom is 0.243 e. The van der Waals surface area contributed by atoms with E-state index in [9.17, 15) is 14.7 Å². The number of ether oxygens (including phenoxy) is 2. The molecule has 0 saturated carbocycles. The van der Waals surface area contributed by atoms with Crippen molar-refractivity contribution in [1.82, 2.24) is 10.8 Å². The molecule has 3 atom stereocenters. The number of rotatable bonds is 13. The lowest BCUT2D eigenvalue weighted by molar-refractivity contribution is -0.245. The second-order valence-electron chi connectivity index (χ2n) is 9.73. The third-order valence-corrected chi connectivity index (χ3v) is 7.86. The molecule has 0 aliphatic carbocycles. The first-order valence-electron chi connectivity index (χ1n) is 13.5. The highest BCUT2D eigenvalue weighted by atomic mass is 32.2. The van der Waals surface area contributed by atoms with Crippen molar-refractivity contribution in [2.45, 2.75) is 68.6 Å². The van der Waals surface area contributed by atoms with Crippen LogP contribution >= 0.6 is 11.8 Å². The van der Waals surface area contributed by atoms with Crippen molar-refractivity contribution in [3.8, 4) is 0 Å². The van der Waals surface area contributed by atoms with E-state index in [2.05, 4.69) is 17.4 Å². The fourth-order valence-electron chi connectivity index (χ4n) is 4.44. The van der Waals surface area contributed by atoms with E-state index in [0.29, 0.717) is 25.8 Å². The zero-order valence-electron chi connectivity index (χ0n) is 22.3. The van der Waals surface area contributed by atoms with Crippen LogP contribution in [0.5, 0.6) is 0 Å². The Morgan fingerprint density at radius 3 is 2.15 bits per heavy atom. The molecule has 3 unspecified atom stereocenters. The van der Waals surface area contributed by atoms with Crippen LogP contribution < -0.4 is 10.8 Å². The summed E-state index contributed by atoms with van der Waals surface area (Å²) in [6.07, 6.45) is 1.65. The normalized spacial score (nSPS) is 18.7. The Bertz CT molecular complexity index is 1210. The Morgan fingerprint density at radius 2 is 1.48 bits per heavy atom. The van der Waals surface area contributed by atoms with Gasteiger partial charge in [0.2, 0.25) is 11.8 Å². The minimum Gasteiger partial charge on any atom is -0.392 e. The summed E-state index contributed by atoms with van der Waals surface area (Å²) in [6, 6.07) is 26.0. The van der Waals surface area contributed by atoms with Gasteiger partial charge in [0.15, 0.2) is 6.29 Å². The quantitative estimate of drug-likeness (QED) is 0.0976. The van der Waals surface area contributed by atoms with Gasteiger partial charge in [-0.3, -0.25) is 14.8 Å². The third kappa shape index (κ3) is 9.18. The molecule has 2 amide bonds. The number of benzene rings is 3. The maximum absolute atomic E-state index is 12.1. The Kier molecular flexibility index (Phi) is 11.6. The van der Waals surface area contributed by atoms with Crippen molar-refractivity contribution in [2.75, 3.05) is 5.75 Å². The van der Waals surface area contributed by atoms with Crippen molar-refractivity contribution in [1.29, 1.82) is 0 Å². The predicted octanol–water partition coefficient (Wildman–Crippen LogP) is 5.20. The van der Waals surface area contributed by atoms with Crippen molar-refractivity contribution in [2.24, 2.45) is 0 Å². The molecular formula is C31H36N2O6S. The summed E-state index contributed by atoms with van der Waals surface area (Å²) in [7, 11) is 0. The van der Waals surface area contributed by atoms with E-state index in [-0.39, 0.29) is 31.1 Å². The molecule has 1 saturated heterocycles. The second-order valence-corrected chi connectivity index (χ2v) is 10.8. The van der Waals surface area contributed by atoms with Crippen molar-refractivity contribution < 1.29 is 29.4 Å². The van der Waals surface area contributed by atoms with Gasteiger partial charge in [0.25, 0.3) is 0 Å². The van der Waals surface area contributed by atoms with Gasteiger partial charge in [-0.25, -0.2) is 5.48 Å². The molecule has 1 heterocycles. The second kappa shape index (κ2) is 15.5. The van der Waals surface area contributed by atoms with E-state index in [1.807, 2.05) is 66.7 Å². The molecule has 1 aliphatic rings. The zero-order chi connectivity index (χ0) is 28.2. The van der Waals surface area contributed by atoms with Gasteiger partial charge >= 0.3 is 0 Å². The summed E-state index contributed by atoms with van der Waals surface area (Å²) < 4.78 is 12.8. The highest BCUT2D eigenvalue weighted by molar-refractivity contribution is 7.99. The number of hydrogen-bond acceptors (Lipinski definition) is 7. The van der Waals surface area contributed by atoms with Crippen LogP contribution in [0.4, 0.5) is 0 Å². The predicted molar refractivity (Wildman–Crippen MR) is 152 cm³/mol. The van der Waals surface area contributed by atoms with Crippen LogP contribution in [0.2, 0.25) is 0 Å². The monoisotopic (exact) mass is 564 g/mol. The van der Waals surface area contributed by atoms with Crippen molar-refractivity contribution in [3.63, 3.8) is 0 Å². The summed E-state index contributed by atoms with van der Waals surface area (Å²) in [6.45, 7) is 0.406. The number of nitrogens with one attached hydrogen (secondary N) is 2. The topological polar surface area (TPSA) is 117 Å². The van der Waals surface area contributed by atoms with Crippen LogP contribution in [0, 0.1) is 0 Å². The lowest BCUT2D eigenvalue weighted by Gasteiger charge is -2.36. The van der Waals surface area contributed by atoms with Gasteiger partial charge in [0.05, 0.1) is 18.8 Å². The molecule has 0 bridgehead atoms. The fourth-order valence-corrected chi connectivity index (χ4v) is 5.38. The average molecular weight is 565 g/mol. The van der Waals surface area contributed by atoms with Gasteiger partial charge in [-0.15, -0.1) is 11.8 Å². The SMILES string of the molecule is O=C(CCCCC(=O)NCc1ccc(C2OC(CSc3ccccc3)CC(c3ccc(CO)cc3)O2)cc1)NO. The number of hydrogen-bond donors (Lipinski definition) is 4. The Labute approximate surface area is 239 Å². The highest BCUT2D eigenvalue weighted by Crippen LogP contribution is 2.39. The molecule has 1 aliphatic heterocycles. The van der Waals surface area contributed by atoms with Gasteiger partial charge in [0, 0.05) is 42.0 Å². The van der Waals surface area contributed by atoms with Gasteiger partial charge in [-0.05, 0) is 41.7 Å². The average Bonchev–Trinajstić information content (AvgIpc) is 3.01. The van der Waals surface area contributed by atoms with Gasteiger partial charge in [-0.2, -0.15) is 0 Å². The molecule has 3 aromatic carbocycles. The lowest BCUT2D eigenvalue weighted by Crippen LogP contribution is -2.31. The van der Waals surface area contributed by atoms with E-state index in [4.69, 9.17) is 14.7 Å². The highest BCUT2D eigenvalue weighted by Gasteiger charge is 2.32. The number of carbonyl (C=O) groups is 2. The number of thioether (sulfide) groups is 1. The van der Waals surface area contributed by atoms with Crippen LogP contribution in [0.1, 0.15) is 66.8 Å². The summed E-state index contributed by atoms with van der Waals surface area (Å²) >= 11 is 1.76. The largest absolute Gasteiger partial charge is 0.392 e. The Morgan fingerprint density at radius 1 is 0.825 bits per heavy atom. The molecule has 40 heavy (non-hydrogen) atoms. The van der Waals surface area contributed by atoms with Gasteiger partial charge in [0.1, 0.15) is 0 Å². The van der Waals surface area contributed by atoms with E-state index in [0.717, 1.165) is 34.4 Å². The number of unbranched alkanes of at least 4 members (excludes halogenated alkanes) is 1. The number of aliphatic hydroxyl groups excluding tert-OH is 1. The van der Waals surface area contributed by atoms with Crippen LogP contribution in [0.15, 0.2) is 83.8 Å². The number of aliphatic hydroxyl groups is 1. The number of amides is 2. The molecule has 4 N–H and O–H groups in total. The summed E-state index contributed by atoms with van der Waals surface area (Å²) in [5.41, 5.74) is 5.37. The maximum atomic E-state index is 12.1. The first kappa shape index (κ1) is 29.8. The van der Waals surface area contributed by atoms with Crippen molar-refractivity contribution >= 4 is 23.6 Å². The summed E-state index contributed by atoms with van der Waals surface area (Å²) in [5.74, 6) is 0.268. The minimum atomic E-state index is -0.530. The number of hydroxylamine groups is 1. The standard InChI is InChI=1S/C31H36N2O6S/c34-20-23-12-14-24(15-13-23)28-18-26(21-40-27-6-2-1-3-7-27)38-31(39-28)25-16-10-22(11-17-25)19-32-29(35)8-4-5-9-30(36)33-37/h1-3,6-7,10-17,26,28,31,34,37H,4-5,8-9,18-21H2,(H,32,35)(H,33,36). The molecular weight excluding hydrogens is 528 g/mol. The summed E-state index contributed by atoms with van der Waals surface area (Å²) in [4.78, 5) is 24.4. The first-order chi connectivity index (χ1) is 19.5. The molecule has 9 heteroatoms. The number of carbonyl (C=O) groups excluding carboxylic acids is 2. The third-order valence-electron chi connectivity index (χ3n) is 6.72. The molecule has 3 aromatic rings. The molecule has 4 rings (SSSR count). The Balaban J connectivity index is 1.35. The Hall–Kier alpha value is -3.21. The van der Waals surface area contributed by atoms with E-state index < -0.39 is 12.2 Å². The van der Waals surface area contributed by atoms with Gasteiger partial charge < -0.3 is 19.9 Å². The van der Waals surface area contributed by atoms with Gasteiger partial charge in [-0.1, -0.05) is 66.7 Å². The van der Waals surface area contributed by atoms with Crippen LogP contribution in [-0.2, 0) is 32.2 Å². The first-order valence-corrected chi connectivity index (χ1v) is 14.5. The smallest absolute Gasteiger partial charge is 0.243 e. The van der Waals surface area contributed by atoms with Crippen LogP contribution in [-0.4, -0.2) is 34.0 Å².